The van der Waals surface area contributed by atoms with E-state index in [1.807, 2.05) is 0 Å². The van der Waals surface area contributed by atoms with Crippen LogP contribution in [-0.2, 0) is 21.9 Å². The number of halogens is 1. The second-order valence-electron chi connectivity index (χ2n) is 1.86. The molecule has 0 bridgehead atoms. The van der Waals surface area contributed by atoms with E-state index in [0.717, 1.165) is 6.92 Å². The Balaban J connectivity index is 0. The summed E-state index contributed by atoms with van der Waals surface area (Å²) in [5, 5.41) is 8.89. The maximum atomic E-state index is 12.0. The number of nitrogens with one attached hydrogen (secondary N) is 1. The summed E-state index contributed by atoms with van der Waals surface area (Å²) in [5.74, 6) is -2.13. The van der Waals surface area contributed by atoms with Crippen LogP contribution in [0.3, 0.4) is 0 Å². The minimum absolute atomic E-state index is 0. The molecule has 1 heterocycles. The standard InChI is InChI=1S/C4H3FN2O2.C2H4O2.Cu/c5-2-1-6-4(9)7-3(2)8;1-2(3)4;/h1H,(H2,6,7,8,9);1H3,(H,3,4);/q;;+2/p-2. The minimum Gasteiger partial charge on any atom is -0.550 e. The van der Waals surface area contributed by atoms with Crippen molar-refractivity contribution >= 4 is 5.97 Å². The Kier molecular flexibility index (Phi) is 7.59. The third-order valence-electron chi connectivity index (χ3n) is 0.733. The van der Waals surface area contributed by atoms with Gasteiger partial charge in [0.15, 0.2) is 11.5 Å². The Morgan fingerprint density at radius 3 is 2.29 bits per heavy atom. The molecule has 0 amide bonds. The van der Waals surface area contributed by atoms with Crippen LogP contribution in [0.5, 0.6) is 0 Å². The molecule has 0 aliphatic carbocycles. The molecule has 0 aliphatic rings. The number of carbonyl (C=O) groups is 1. The first-order valence-corrected chi connectivity index (χ1v) is 3.03. The number of rotatable bonds is 0. The van der Waals surface area contributed by atoms with E-state index in [0.29, 0.717) is 6.20 Å². The van der Waals surface area contributed by atoms with Crippen LogP contribution in [0, 0.1) is 5.82 Å². The van der Waals surface area contributed by atoms with Crippen LogP contribution in [0.4, 0.5) is 4.39 Å². The van der Waals surface area contributed by atoms with Gasteiger partial charge in [-0.05, 0) is 13.1 Å². The van der Waals surface area contributed by atoms with Crippen molar-refractivity contribution in [1.29, 1.82) is 0 Å². The molecule has 8 heteroatoms. The number of aromatic amines is 1. The van der Waals surface area contributed by atoms with Crippen LogP contribution in [0.2, 0.25) is 0 Å². The van der Waals surface area contributed by atoms with E-state index in [2.05, 4.69) is 4.98 Å². The van der Waals surface area contributed by atoms with E-state index in [-0.39, 0.29) is 17.1 Å². The summed E-state index contributed by atoms with van der Waals surface area (Å²) in [6.45, 7) is 0.972. The first-order valence-electron chi connectivity index (χ1n) is 3.03. The molecular formula is C6H5CuFN2O4. The molecule has 1 aromatic heterocycles. The van der Waals surface area contributed by atoms with E-state index >= 15 is 0 Å². The number of carboxylic acid groups (broad SMARTS) is 1. The molecule has 0 saturated heterocycles. The fourth-order valence-electron chi connectivity index (χ4n) is 0.363. The molecule has 0 atom stereocenters. The normalized spacial score (nSPS) is 7.86. The minimum atomic E-state index is -1.08. The quantitative estimate of drug-likeness (QED) is 0.517. The molecule has 14 heavy (non-hydrogen) atoms. The van der Waals surface area contributed by atoms with Gasteiger partial charge in [0, 0.05) is 5.97 Å². The number of carboxylic acids is 1. The van der Waals surface area contributed by atoms with Crippen molar-refractivity contribution < 1.29 is 31.4 Å². The Hall–Kier alpha value is -1.40. The topological polar surface area (TPSA) is 104 Å². The Labute approximate surface area is 87.6 Å². The fourth-order valence-corrected chi connectivity index (χ4v) is 0.363. The third-order valence-corrected chi connectivity index (χ3v) is 0.733. The zero-order chi connectivity index (χ0) is 10.4. The summed E-state index contributed by atoms with van der Waals surface area (Å²) < 4.78 is 12.0. The van der Waals surface area contributed by atoms with Crippen molar-refractivity contribution in [2.24, 2.45) is 0 Å². The average Bonchev–Trinajstić information content (AvgIpc) is 1.96. The largest absolute Gasteiger partial charge is 2.00 e. The summed E-state index contributed by atoms with van der Waals surface area (Å²) in [6.07, 6.45) is 0.584. The van der Waals surface area contributed by atoms with Gasteiger partial charge < -0.3 is 19.9 Å². The van der Waals surface area contributed by atoms with Gasteiger partial charge in [-0.1, -0.05) is 0 Å². The van der Waals surface area contributed by atoms with Crippen molar-refractivity contribution in [3.05, 3.63) is 32.9 Å². The molecule has 0 saturated carbocycles. The predicted molar refractivity (Wildman–Crippen MR) is 37.3 cm³/mol. The van der Waals surface area contributed by atoms with Crippen molar-refractivity contribution in [1.82, 2.24) is 9.97 Å². The summed E-state index contributed by atoms with van der Waals surface area (Å²) >= 11 is 0. The van der Waals surface area contributed by atoms with Crippen molar-refractivity contribution in [2.75, 3.05) is 0 Å². The predicted octanol–water partition coefficient (Wildman–Crippen LogP) is -2.41. The zero-order valence-corrected chi connectivity index (χ0v) is 7.78. The monoisotopic (exact) mass is 251 g/mol. The summed E-state index contributed by atoms with van der Waals surface area (Å²) in [6, 6.07) is 0. The van der Waals surface area contributed by atoms with Crippen molar-refractivity contribution in [3.8, 4) is 0 Å². The maximum absolute atomic E-state index is 12.0. The number of nitrogens with zero attached hydrogens (tertiary/aromatic N) is 1. The van der Waals surface area contributed by atoms with E-state index in [9.17, 15) is 14.0 Å². The number of hydrogen-bond acceptors (Lipinski definition) is 4. The first kappa shape index (κ1) is 15.1. The Bertz CT molecular complexity index is 395. The molecule has 81 valence electrons. The SMILES string of the molecule is CC(=O)[O-].O=c1[n-]cc(F)c(=O)[nH]1.[Cu+2]. The van der Waals surface area contributed by atoms with Gasteiger partial charge in [-0.25, -0.2) is 4.39 Å². The smallest absolute Gasteiger partial charge is 0.550 e. The Morgan fingerprint density at radius 1 is 1.57 bits per heavy atom. The number of aliphatic carboxylic acids is 1. The van der Waals surface area contributed by atoms with E-state index < -0.39 is 23.0 Å². The van der Waals surface area contributed by atoms with Gasteiger partial charge >= 0.3 is 17.1 Å². The second kappa shape index (κ2) is 7.05. The van der Waals surface area contributed by atoms with Crippen LogP contribution < -0.4 is 21.3 Å². The van der Waals surface area contributed by atoms with Crippen LogP contribution in [0.25, 0.3) is 0 Å². The van der Waals surface area contributed by atoms with E-state index in [1.54, 1.807) is 4.98 Å². The van der Waals surface area contributed by atoms with Gasteiger partial charge in [0.2, 0.25) is 5.56 Å². The van der Waals surface area contributed by atoms with Crippen molar-refractivity contribution in [2.45, 2.75) is 6.92 Å². The molecule has 1 radical (unpaired) electrons. The van der Waals surface area contributed by atoms with Gasteiger partial charge in [-0.2, -0.15) is 0 Å². The van der Waals surface area contributed by atoms with E-state index in [4.69, 9.17) is 9.90 Å². The number of aromatic nitrogens is 2. The number of hydrogen-bond donors (Lipinski definition) is 1. The second-order valence-corrected chi connectivity index (χ2v) is 1.86. The molecule has 0 fully saturated rings. The average molecular weight is 252 g/mol. The van der Waals surface area contributed by atoms with Crippen molar-refractivity contribution in [3.63, 3.8) is 0 Å². The number of carbonyl (C=O) groups excluding carboxylic acids is 1. The van der Waals surface area contributed by atoms with Crippen LogP contribution in [0.15, 0.2) is 15.8 Å². The molecule has 1 rings (SSSR count). The van der Waals surface area contributed by atoms with E-state index in [1.165, 1.54) is 0 Å². The van der Waals surface area contributed by atoms with Crippen LogP contribution in [-0.4, -0.2) is 11.0 Å². The van der Waals surface area contributed by atoms with Crippen LogP contribution >= 0.6 is 0 Å². The molecule has 0 unspecified atom stereocenters. The fraction of sp³-hybridized carbons (Fsp3) is 0.167. The summed E-state index contributed by atoms with van der Waals surface area (Å²) in [7, 11) is 0. The molecule has 6 nitrogen and oxygen atoms in total. The van der Waals surface area contributed by atoms with Gasteiger partial charge in [0.05, 0.1) is 0 Å². The van der Waals surface area contributed by atoms with Gasteiger partial charge in [-0.15, -0.1) is 0 Å². The summed E-state index contributed by atoms with van der Waals surface area (Å²) in [5.41, 5.74) is -1.86. The molecule has 0 spiro atoms. The molecule has 0 aliphatic heterocycles. The van der Waals surface area contributed by atoms with Gasteiger partial charge in [0.1, 0.15) is 0 Å². The molecular weight excluding hydrogens is 247 g/mol. The first-order chi connectivity index (χ1) is 5.93. The van der Waals surface area contributed by atoms with Gasteiger partial charge in [-0.3, -0.25) is 9.59 Å². The number of H-pyrrole nitrogens is 1. The molecule has 1 N–H and O–H groups in total. The third kappa shape index (κ3) is 7.26. The summed E-state index contributed by atoms with van der Waals surface area (Å²) in [4.78, 5) is 33.8. The molecule has 0 aromatic carbocycles. The molecule has 1 aromatic rings. The zero-order valence-electron chi connectivity index (χ0n) is 6.84. The van der Waals surface area contributed by atoms with Gasteiger partial charge in [0.25, 0.3) is 0 Å². The van der Waals surface area contributed by atoms with Crippen LogP contribution in [0.1, 0.15) is 6.92 Å². The maximum Gasteiger partial charge on any atom is 2.00 e. The Morgan fingerprint density at radius 2 is 2.00 bits per heavy atom.